The van der Waals surface area contributed by atoms with Gasteiger partial charge in [-0.25, -0.2) is 0 Å². The SMILES string of the molecule is C=CCN(Cc1ccccc1)C(=O)[C@H]1[C@H]2C(=O)N(CCCO)C(C(=O)N(CC=C)C(C)C)C23CC(Br)[C@@H]1O3. The van der Waals surface area contributed by atoms with Crippen LogP contribution in [0.2, 0.25) is 0 Å². The predicted molar refractivity (Wildman–Crippen MR) is 148 cm³/mol. The summed E-state index contributed by atoms with van der Waals surface area (Å²) in [5.41, 5.74) is -0.145. The van der Waals surface area contributed by atoms with E-state index in [4.69, 9.17) is 4.74 Å². The summed E-state index contributed by atoms with van der Waals surface area (Å²) in [6, 6.07) is 8.71. The van der Waals surface area contributed by atoms with Gasteiger partial charge in [-0.15, -0.1) is 13.2 Å². The summed E-state index contributed by atoms with van der Waals surface area (Å²) in [6.45, 7) is 12.6. The van der Waals surface area contributed by atoms with Crippen molar-refractivity contribution < 1.29 is 24.2 Å². The summed E-state index contributed by atoms with van der Waals surface area (Å²) in [7, 11) is 0. The molecule has 8 nitrogen and oxygen atoms in total. The molecule has 1 N–H and O–H groups in total. The molecule has 4 rings (SSSR count). The third kappa shape index (κ3) is 4.84. The third-order valence-electron chi connectivity index (χ3n) is 7.98. The summed E-state index contributed by atoms with van der Waals surface area (Å²) in [5.74, 6) is -2.15. The first-order valence-corrected chi connectivity index (χ1v) is 14.2. The van der Waals surface area contributed by atoms with Gasteiger partial charge < -0.3 is 24.5 Å². The van der Waals surface area contributed by atoms with Crippen molar-refractivity contribution in [2.24, 2.45) is 11.8 Å². The molecule has 206 valence electrons. The molecule has 0 radical (unpaired) electrons. The highest BCUT2D eigenvalue weighted by molar-refractivity contribution is 9.09. The Morgan fingerprint density at radius 2 is 1.89 bits per heavy atom. The molecule has 3 unspecified atom stereocenters. The molecule has 2 bridgehead atoms. The molecule has 0 aromatic heterocycles. The van der Waals surface area contributed by atoms with Crippen molar-refractivity contribution in [3.63, 3.8) is 0 Å². The quantitative estimate of drug-likeness (QED) is 0.300. The number of likely N-dealkylation sites (tertiary alicyclic amines) is 1. The topological polar surface area (TPSA) is 90.4 Å². The molecule has 0 aliphatic carbocycles. The zero-order valence-electron chi connectivity index (χ0n) is 22.2. The van der Waals surface area contributed by atoms with Crippen LogP contribution in [0.4, 0.5) is 0 Å². The van der Waals surface area contributed by atoms with Gasteiger partial charge in [-0.2, -0.15) is 0 Å². The number of aliphatic hydroxyl groups excluding tert-OH is 1. The standard InChI is InChI=1S/C29H38BrN3O5/c1-5-13-31(18-20-11-8-7-9-12-20)26(35)22-23-27(36)33(15-10-16-34)25(28(37)32(14-6-2)19(3)4)29(23)17-21(30)24(22)38-29/h5-9,11-12,19,21-25,34H,1-2,10,13-18H2,3-4H3/t21?,22-,23-,24-,25?,29?/m0/s1. The van der Waals surface area contributed by atoms with E-state index in [0.29, 0.717) is 32.5 Å². The number of hydrogen-bond acceptors (Lipinski definition) is 5. The van der Waals surface area contributed by atoms with Crippen LogP contribution in [0.5, 0.6) is 0 Å². The maximum Gasteiger partial charge on any atom is 0.248 e. The molecule has 1 aromatic rings. The van der Waals surface area contributed by atoms with Crippen LogP contribution in [0.1, 0.15) is 32.3 Å². The van der Waals surface area contributed by atoms with Crippen molar-refractivity contribution in [1.82, 2.24) is 14.7 Å². The molecular formula is C29H38BrN3O5. The largest absolute Gasteiger partial charge is 0.396 e. The summed E-state index contributed by atoms with van der Waals surface area (Å²) < 4.78 is 6.61. The van der Waals surface area contributed by atoms with Gasteiger partial charge in [-0.3, -0.25) is 14.4 Å². The van der Waals surface area contributed by atoms with Crippen molar-refractivity contribution in [3.8, 4) is 0 Å². The molecule has 3 fully saturated rings. The van der Waals surface area contributed by atoms with Gasteiger partial charge in [0.2, 0.25) is 17.7 Å². The second kappa shape index (κ2) is 11.7. The van der Waals surface area contributed by atoms with Gasteiger partial charge in [-0.05, 0) is 32.3 Å². The zero-order chi connectivity index (χ0) is 27.6. The molecule has 3 amide bonds. The molecular weight excluding hydrogens is 550 g/mol. The van der Waals surface area contributed by atoms with Crippen LogP contribution in [0.3, 0.4) is 0 Å². The number of halogens is 1. The zero-order valence-corrected chi connectivity index (χ0v) is 23.8. The second-order valence-corrected chi connectivity index (χ2v) is 11.8. The van der Waals surface area contributed by atoms with Gasteiger partial charge >= 0.3 is 0 Å². The smallest absolute Gasteiger partial charge is 0.248 e. The van der Waals surface area contributed by atoms with Gasteiger partial charge in [0.15, 0.2) is 0 Å². The number of nitrogens with zero attached hydrogens (tertiary/aromatic N) is 3. The summed E-state index contributed by atoms with van der Waals surface area (Å²) in [5, 5.41) is 9.55. The first-order valence-electron chi connectivity index (χ1n) is 13.3. The van der Waals surface area contributed by atoms with Crippen molar-refractivity contribution >= 4 is 33.7 Å². The van der Waals surface area contributed by atoms with E-state index < -0.39 is 29.6 Å². The molecule has 9 heteroatoms. The van der Waals surface area contributed by atoms with E-state index >= 15 is 0 Å². The number of aliphatic hydroxyl groups is 1. The van der Waals surface area contributed by atoms with E-state index in [1.165, 1.54) is 0 Å². The van der Waals surface area contributed by atoms with E-state index in [1.807, 2.05) is 44.2 Å². The first kappa shape index (κ1) is 28.5. The van der Waals surface area contributed by atoms with Crippen LogP contribution in [-0.4, -0.2) is 92.4 Å². The fourth-order valence-corrected chi connectivity index (χ4v) is 7.37. The Morgan fingerprint density at radius 3 is 2.50 bits per heavy atom. The Kier molecular flexibility index (Phi) is 8.79. The molecule has 3 saturated heterocycles. The minimum absolute atomic E-state index is 0.111. The fourth-order valence-electron chi connectivity index (χ4n) is 6.43. The van der Waals surface area contributed by atoms with Crippen LogP contribution >= 0.6 is 15.9 Å². The number of alkyl halides is 1. The molecule has 1 spiro atoms. The Morgan fingerprint density at radius 1 is 1.21 bits per heavy atom. The molecule has 6 atom stereocenters. The number of fused-ring (bicyclic) bond motifs is 1. The number of hydrogen-bond donors (Lipinski definition) is 1. The van der Waals surface area contributed by atoms with Crippen LogP contribution in [0.25, 0.3) is 0 Å². The number of carbonyl (C=O) groups is 3. The molecule has 3 aliphatic rings. The Hall–Kier alpha value is -2.49. The number of amides is 3. The van der Waals surface area contributed by atoms with E-state index in [9.17, 15) is 19.5 Å². The first-order chi connectivity index (χ1) is 18.2. The highest BCUT2D eigenvalue weighted by atomic mass is 79.9. The number of carbonyl (C=O) groups excluding carboxylic acids is 3. The Labute approximate surface area is 233 Å². The Balaban J connectivity index is 1.73. The monoisotopic (exact) mass is 587 g/mol. The van der Waals surface area contributed by atoms with Crippen molar-refractivity contribution in [3.05, 3.63) is 61.2 Å². The van der Waals surface area contributed by atoms with Gasteiger partial charge in [0.25, 0.3) is 0 Å². The van der Waals surface area contributed by atoms with Crippen LogP contribution < -0.4 is 0 Å². The Bertz CT molecular complexity index is 1070. The summed E-state index contributed by atoms with van der Waals surface area (Å²) in [4.78, 5) is 47.1. The highest BCUT2D eigenvalue weighted by Crippen LogP contribution is 2.60. The van der Waals surface area contributed by atoms with Crippen molar-refractivity contribution in [2.45, 2.75) is 61.8 Å². The number of ether oxygens (including phenoxy) is 1. The van der Waals surface area contributed by atoms with Crippen LogP contribution in [0.15, 0.2) is 55.6 Å². The van der Waals surface area contributed by atoms with Gasteiger partial charge in [0.1, 0.15) is 11.6 Å². The number of benzene rings is 1. The molecule has 38 heavy (non-hydrogen) atoms. The second-order valence-electron chi connectivity index (χ2n) is 10.6. The lowest BCUT2D eigenvalue weighted by molar-refractivity contribution is -0.149. The maximum atomic E-state index is 14.2. The summed E-state index contributed by atoms with van der Waals surface area (Å²) in [6.07, 6.45) is 3.61. The third-order valence-corrected chi connectivity index (χ3v) is 8.82. The van der Waals surface area contributed by atoms with Crippen molar-refractivity contribution in [2.75, 3.05) is 26.2 Å². The normalized spacial score (nSPS) is 29.4. The maximum absolute atomic E-state index is 14.2. The molecule has 1 aromatic carbocycles. The lowest BCUT2D eigenvalue weighted by Crippen LogP contribution is -2.58. The lowest BCUT2D eigenvalue weighted by atomic mass is 9.70. The molecule has 0 saturated carbocycles. The number of rotatable bonds is 12. The lowest BCUT2D eigenvalue weighted by Gasteiger charge is -2.38. The van der Waals surface area contributed by atoms with Gasteiger partial charge in [0.05, 0.1) is 17.9 Å². The average Bonchev–Trinajstić information content (AvgIpc) is 3.48. The fraction of sp³-hybridized carbons (Fsp3) is 0.552. The predicted octanol–water partition coefficient (Wildman–Crippen LogP) is 2.75. The van der Waals surface area contributed by atoms with Gasteiger partial charge in [-0.1, -0.05) is 58.4 Å². The minimum atomic E-state index is -1.12. The van der Waals surface area contributed by atoms with Crippen LogP contribution in [-0.2, 0) is 25.7 Å². The molecule has 3 heterocycles. The van der Waals surface area contributed by atoms with Gasteiger partial charge in [0, 0.05) is 43.7 Å². The highest BCUT2D eigenvalue weighted by Gasteiger charge is 2.76. The minimum Gasteiger partial charge on any atom is -0.396 e. The van der Waals surface area contributed by atoms with E-state index in [0.717, 1.165) is 5.56 Å². The van der Waals surface area contributed by atoms with E-state index in [2.05, 4.69) is 29.1 Å². The summed E-state index contributed by atoms with van der Waals surface area (Å²) >= 11 is 3.73. The average molecular weight is 589 g/mol. The van der Waals surface area contributed by atoms with Crippen molar-refractivity contribution in [1.29, 1.82) is 0 Å². The van der Waals surface area contributed by atoms with E-state index in [-0.39, 0.29) is 41.7 Å². The molecule has 3 aliphatic heterocycles. The van der Waals surface area contributed by atoms with E-state index in [1.54, 1.807) is 26.9 Å². The van der Waals surface area contributed by atoms with Crippen LogP contribution in [0, 0.1) is 11.8 Å².